The van der Waals surface area contributed by atoms with Gasteiger partial charge >= 0.3 is 6.09 Å². The van der Waals surface area contributed by atoms with Crippen molar-refractivity contribution in [3.63, 3.8) is 0 Å². The van der Waals surface area contributed by atoms with Crippen LogP contribution in [0.5, 0.6) is 5.75 Å². The van der Waals surface area contributed by atoms with Gasteiger partial charge in [0.1, 0.15) is 10.6 Å². The predicted molar refractivity (Wildman–Crippen MR) is 118 cm³/mol. The number of ether oxygens (including phenoxy) is 2. The van der Waals surface area contributed by atoms with Crippen molar-refractivity contribution in [1.82, 2.24) is 14.5 Å². The number of nitrogens with one attached hydrogen (secondary N) is 1. The zero-order valence-corrected chi connectivity index (χ0v) is 18.9. The van der Waals surface area contributed by atoms with Crippen LogP contribution >= 0.6 is 0 Å². The van der Waals surface area contributed by atoms with Crippen molar-refractivity contribution >= 4 is 22.0 Å². The zero-order valence-electron chi connectivity index (χ0n) is 18.1. The second-order valence-corrected chi connectivity index (χ2v) is 8.89. The third kappa shape index (κ3) is 5.57. The first-order chi connectivity index (χ1) is 15.4. The highest BCUT2D eigenvalue weighted by atomic mass is 32.2. The Morgan fingerprint density at radius 1 is 1.00 bits per heavy atom. The van der Waals surface area contributed by atoms with Crippen LogP contribution in [0.2, 0.25) is 0 Å². The monoisotopic (exact) mass is 461 g/mol. The minimum atomic E-state index is -3.93. The van der Waals surface area contributed by atoms with E-state index in [1.165, 1.54) is 25.3 Å². The van der Waals surface area contributed by atoms with Crippen molar-refractivity contribution in [2.75, 3.05) is 39.9 Å². The molecule has 0 unspecified atom stereocenters. The van der Waals surface area contributed by atoms with Crippen LogP contribution in [-0.2, 0) is 21.3 Å². The lowest BCUT2D eigenvalue weighted by Crippen LogP contribution is -2.50. The maximum absolute atomic E-state index is 13.0. The van der Waals surface area contributed by atoms with Crippen molar-refractivity contribution < 1.29 is 27.5 Å². The van der Waals surface area contributed by atoms with E-state index in [-0.39, 0.29) is 28.7 Å². The Kier molecular flexibility index (Phi) is 7.70. The van der Waals surface area contributed by atoms with Crippen molar-refractivity contribution in [2.24, 2.45) is 0 Å². The Labute approximate surface area is 188 Å². The van der Waals surface area contributed by atoms with Gasteiger partial charge in [0, 0.05) is 38.3 Å². The highest BCUT2D eigenvalue weighted by Crippen LogP contribution is 2.26. The van der Waals surface area contributed by atoms with E-state index in [9.17, 15) is 18.0 Å². The summed E-state index contributed by atoms with van der Waals surface area (Å²) in [5.74, 6) is -0.162. The molecule has 0 aliphatic carbocycles. The van der Waals surface area contributed by atoms with E-state index >= 15 is 0 Å². The molecule has 0 aromatic heterocycles. The van der Waals surface area contributed by atoms with Gasteiger partial charge in [0.25, 0.3) is 5.91 Å². The highest BCUT2D eigenvalue weighted by Gasteiger charge is 2.27. The molecule has 32 heavy (non-hydrogen) atoms. The molecule has 1 N–H and O–H groups in total. The van der Waals surface area contributed by atoms with Crippen LogP contribution in [-0.4, -0.2) is 70.1 Å². The van der Waals surface area contributed by atoms with Crippen LogP contribution in [0.25, 0.3) is 0 Å². The van der Waals surface area contributed by atoms with Crippen molar-refractivity contribution in [2.45, 2.75) is 18.4 Å². The minimum Gasteiger partial charge on any atom is -0.495 e. The van der Waals surface area contributed by atoms with Crippen LogP contribution in [0, 0.1) is 0 Å². The summed E-state index contributed by atoms with van der Waals surface area (Å²) in [7, 11) is -2.55. The van der Waals surface area contributed by atoms with Crippen LogP contribution in [0.15, 0.2) is 53.4 Å². The van der Waals surface area contributed by atoms with Gasteiger partial charge in [-0.2, -0.15) is 0 Å². The third-order valence-electron chi connectivity index (χ3n) is 5.10. The summed E-state index contributed by atoms with van der Waals surface area (Å²) in [6, 6.07) is 13.5. The summed E-state index contributed by atoms with van der Waals surface area (Å²) in [5.41, 5.74) is 1.04. The summed E-state index contributed by atoms with van der Waals surface area (Å²) in [6.45, 7) is 3.51. The van der Waals surface area contributed by atoms with E-state index in [1.807, 2.05) is 30.3 Å². The number of hydrogen-bond donors (Lipinski definition) is 1. The molecule has 0 atom stereocenters. The molecule has 0 spiro atoms. The maximum Gasteiger partial charge on any atom is 0.409 e. The fourth-order valence-electron chi connectivity index (χ4n) is 3.36. The van der Waals surface area contributed by atoms with E-state index in [2.05, 4.69) is 4.72 Å². The molecule has 0 saturated carbocycles. The number of piperazine rings is 1. The quantitative estimate of drug-likeness (QED) is 0.677. The number of carbonyl (C=O) groups excluding carboxylic acids is 2. The van der Waals surface area contributed by atoms with Gasteiger partial charge in [-0.1, -0.05) is 30.3 Å². The Morgan fingerprint density at radius 2 is 1.66 bits per heavy atom. The Bertz CT molecular complexity index is 1050. The van der Waals surface area contributed by atoms with Gasteiger partial charge in [0.2, 0.25) is 10.0 Å². The van der Waals surface area contributed by atoms with Gasteiger partial charge in [-0.25, -0.2) is 17.9 Å². The molecule has 1 aliphatic heterocycles. The van der Waals surface area contributed by atoms with Crippen molar-refractivity contribution in [3.05, 3.63) is 59.7 Å². The first-order valence-electron chi connectivity index (χ1n) is 10.3. The molecule has 172 valence electrons. The fraction of sp³-hybridized carbons (Fsp3) is 0.364. The largest absolute Gasteiger partial charge is 0.495 e. The number of carbonyl (C=O) groups is 2. The smallest absolute Gasteiger partial charge is 0.409 e. The van der Waals surface area contributed by atoms with E-state index in [4.69, 9.17) is 9.47 Å². The molecule has 10 heteroatoms. The van der Waals surface area contributed by atoms with Crippen molar-refractivity contribution in [1.29, 1.82) is 0 Å². The molecule has 2 aromatic carbocycles. The van der Waals surface area contributed by atoms with E-state index in [1.54, 1.807) is 16.7 Å². The van der Waals surface area contributed by atoms with E-state index in [0.717, 1.165) is 5.56 Å². The first-order valence-corrected chi connectivity index (χ1v) is 11.8. The molecule has 3 rings (SSSR count). The Morgan fingerprint density at radius 3 is 2.28 bits per heavy atom. The molecule has 9 nitrogen and oxygen atoms in total. The van der Waals surface area contributed by atoms with Crippen molar-refractivity contribution in [3.8, 4) is 5.75 Å². The average molecular weight is 462 g/mol. The minimum absolute atomic E-state index is 0.105. The first kappa shape index (κ1) is 23.6. The molecule has 2 amide bonds. The highest BCUT2D eigenvalue weighted by molar-refractivity contribution is 7.89. The van der Waals surface area contributed by atoms with Crippen LogP contribution in [0.3, 0.4) is 0 Å². The summed E-state index contributed by atoms with van der Waals surface area (Å²) in [6.07, 6.45) is -0.401. The number of sulfonamides is 1. The molecule has 1 aliphatic rings. The fourth-order valence-corrected chi connectivity index (χ4v) is 4.57. The lowest BCUT2D eigenvalue weighted by atomic mass is 10.1. The Balaban J connectivity index is 1.74. The Hall–Kier alpha value is -3.11. The summed E-state index contributed by atoms with van der Waals surface area (Å²) in [5, 5.41) is 0. The number of amides is 2. The molecule has 1 saturated heterocycles. The lowest BCUT2D eigenvalue weighted by molar-refractivity contribution is 0.0570. The van der Waals surface area contributed by atoms with E-state index < -0.39 is 16.1 Å². The predicted octanol–water partition coefficient (Wildman–Crippen LogP) is 2.09. The second-order valence-electron chi connectivity index (χ2n) is 7.15. The normalized spacial score (nSPS) is 14.2. The third-order valence-corrected chi connectivity index (χ3v) is 6.52. The molecule has 1 fully saturated rings. The number of nitrogens with zero attached hydrogens (tertiary/aromatic N) is 2. The molecule has 0 radical (unpaired) electrons. The number of rotatable bonds is 7. The number of benzene rings is 2. The van der Waals surface area contributed by atoms with E-state index in [0.29, 0.717) is 32.8 Å². The zero-order chi connectivity index (χ0) is 23.1. The SMILES string of the molecule is CCOC(=O)N1CCN(C(=O)c2ccc(OC)c(S(=O)(=O)NCc3ccccc3)c2)CC1. The molecule has 1 heterocycles. The molecule has 0 bridgehead atoms. The topological polar surface area (TPSA) is 105 Å². The lowest BCUT2D eigenvalue weighted by Gasteiger charge is -2.34. The van der Waals surface area contributed by atoms with Gasteiger partial charge in [0.05, 0.1) is 13.7 Å². The second kappa shape index (κ2) is 10.5. The molecule has 2 aromatic rings. The van der Waals surface area contributed by atoms with Crippen LogP contribution in [0.4, 0.5) is 4.79 Å². The summed E-state index contributed by atoms with van der Waals surface area (Å²) >= 11 is 0. The van der Waals surface area contributed by atoms with Crippen LogP contribution in [0.1, 0.15) is 22.8 Å². The van der Waals surface area contributed by atoms with Gasteiger partial charge in [-0.15, -0.1) is 0 Å². The van der Waals surface area contributed by atoms with Crippen LogP contribution < -0.4 is 9.46 Å². The standard InChI is InChI=1S/C22H27N3O6S/c1-3-31-22(27)25-13-11-24(12-14-25)21(26)18-9-10-19(30-2)20(15-18)32(28,29)23-16-17-7-5-4-6-8-17/h4-10,15,23H,3,11-14,16H2,1-2H3. The van der Waals surface area contributed by atoms with Gasteiger partial charge in [0.15, 0.2) is 0 Å². The van der Waals surface area contributed by atoms with Gasteiger partial charge in [-0.05, 0) is 30.7 Å². The molecular weight excluding hydrogens is 434 g/mol. The van der Waals surface area contributed by atoms with Gasteiger partial charge < -0.3 is 19.3 Å². The summed E-state index contributed by atoms with van der Waals surface area (Å²) < 4.78 is 38.7. The van der Waals surface area contributed by atoms with Gasteiger partial charge in [-0.3, -0.25) is 4.79 Å². The number of methoxy groups -OCH3 is 1. The summed E-state index contributed by atoms with van der Waals surface area (Å²) in [4.78, 5) is 27.9. The average Bonchev–Trinajstić information content (AvgIpc) is 2.83. The molecular formula is C22H27N3O6S. The maximum atomic E-state index is 13.0. The number of hydrogen-bond acceptors (Lipinski definition) is 6.